The summed E-state index contributed by atoms with van der Waals surface area (Å²) in [4.78, 5) is 24.2. The summed E-state index contributed by atoms with van der Waals surface area (Å²) in [6.45, 7) is 3.82. The van der Waals surface area contributed by atoms with Crippen LogP contribution in [0.25, 0.3) is 11.3 Å². The van der Waals surface area contributed by atoms with Gasteiger partial charge in [0.2, 0.25) is 11.0 Å². The molecule has 1 N–H and O–H groups in total. The number of carbonyl (C=O) groups is 1. The van der Waals surface area contributed by atoms with Crippen molar-refractivity contribution in [2.24, 2.45) is 0 Å². The lowest BCUT2D eigenvalue weighted by molar-refractivity contribution is -0.117. The molecule has 1 aromatic carbocycles. The zero-order valence-electron chi connectivity index (χ0n) is 13.8. The van der Waals surface area contributed by atoms with E-state index in [0.717, 1.165) is 15.3 Å². The highest BCUT2D eigenvalue weighted by atomic mass is 32.1. The predicted octanol–water partition coefficient (Wildman–Crippen LogP) is 2.52. The summed E-state index contributed by atoms with van der Waals surface area (Å²) in [7, 11) is 0. The molecule has 8 heteroatoms. The van der Waals surface area contributed by atoms with E-state index in [1.165, 1.54) is 17.4 Å². The third-order valence-corrected chi connectivity index (χ3v) is 4.55. The van der Waals surface area contributed by atoms with Crippen LogP contribution in [0.4, 0.5) is 5.13 Å². The van der Waals surface area contributed by atoms with Crippen molar-refractivity contribution in [3.8, 4) is 11.3 Å². The van der Waals surface area contributed by atoms with Crippen LogP contribution < -0.4 is 10.9 Å². The van der Waals surface area contributed by atoms with Gasteiger partial charge in [-0.1, -0.05) is 55.5 Å². The van der Waals surface area contributed by atoms with E-state index in [4.69, 9.17) is 0 Å². The van der Waals surface area contributed by atoms with Crippen LogP contribution in [-0.2, 0) is 11.3 Å². The summed E-state index contributed by atoms with van der Waals surface area (Å²) in [5, 5.41) is 16.1. The lowest BCUT2D eigenvalue weighted by atomic mass is 10.1. The molecule has 128 valence electrons. The molecule has 0 radical (unpaired) electrons. The third-order valence-electron chi connectivity index (χ3n) is 3.41. The SMILES string of the molecule is CC(C)c1nnc(NC(=O)Cn2nc(-c3ccccc3)ccc2=O)s1. The summed E-state index contributed by atoms with van der Waals surface area (Å²) in [5.41, 5.74) is 1.17. The Morgan fingerprint density at radius 1 is 1.16 bits per heavy atom. The van der Waals surface area contributed by atoms with Gasteiger partial charge < -0.3 is 0 Å². The number of benzene rings is 1. The summed E-state index contributed by atoms with van der Waals surface area (Å²) in [6.07, 6.45) is 0. The van der Waals surface area contributed by atoms with E-state index in [1.54, 1.807) is 6.07 Å². The Hall–Kier alpha value is -2.87. The highest BCUT2D eigenvalue weighted by molar-refractivity contribution is 7.15. The lowest BCUT2D eigenvalue weighted by Crippen LogP contribution is -2.29. The Bertz CT molecular complexity index is 933. The molecule has 0 aliphatic heterocycles. The molecule has 0 bridgehead atoms. The summed E-state index contributed by atoms with van der Waals surface area (Å²) in [6, 6.07) is 12.5. The number of anilines is 1. The Balaban J connectivity index is 1.75. The van der Waals surface area contributed by atoms with Gasteiger partial charge in [-0.3, -0.25) is 14.9 Å². The first kappa shape index (κ1) is 17.0. The van der Waals surface area contributed by atoms with Crippen LogP contribution in [0.2, 0.25) is 0 Å². The number of rotatable bonds is 5. The standard InChI is InChI=1S/C17H17N5O2S/c1-11(2)16-19-20-17(25-16)18-14(23)10-22-15(24)9-8-13(21-22)12-6-4-3-5-7-12/h3-9,11H,10H2,1-2H3,(H,18,20,23). The second kappa shape index (κ2) is 7.35. The average molecular weight is 355 g/mol. The largest absolute Gasteiger partial charge is 0.299 e. The van der Waals surface area contributed by atoms with Crippen molar-refractivity contribution >= 4 is 22.4 Å². The molecule has 1 amide bonds. The van der Waals surface area contributed by atoms with E-state index < -0.39 is 0 Å². The molecule has 0 atom stereocenters. The predicted molar refractivity (Wildman–Crippen MR) is 96.6 cm³/mol. The van der Waals surface area contributed by atoms with Gasteiger partial charge in [-0.2, -0.15) is 5.10 Å². The second-order valence-electron chi connectivity index (χ2n) is 5.73. The van der Waals surface area contributed by atoms with Crippen molar-refractivity contribution in [1.82, 2.24) is 20.0 Å². The van der Waals surface area contributed by atoms with E-state index in [-0.39, 0.29) is 23.9 Å². The molecular weight excluding hydrogens is 338 g/mol. The fourth-order valence-electron chi connectivity index (χ4n) is 2.14. The second-order valence-corrected chi connectivity index (χ2v) is 6.74. The highest BCUT2D eigenvalue weighted by Crippen LogP contribution is 2.22. The van der Waals surface area contributed by atoms with E-state index >= 15 is 0 Å². The van der Waals surface area contributed by atoms with Crippen molar-refractivity contribution in [1.29, 1.82) is 0 Å². The van der Waals surface area contributed by atoms with Gasteiger partial charge in [-0.15, -0.1) is 10.2 Å². The van der Waals surface area contributed by atoms with Crippen LogP contribution >= 0.6 is 11.3 Å². The van der Waals surface area contributed by atoms with Crippen LogP contribution in [0.5, 0.6) is 0 Å². The fraction of sp³-hybridized carbons (Fsp3) is 0.235. The van der Waals surface area contributed by atoms with Gasteiger partial charge in [-0.05, 0) is 6.07 Å². The molecule has 3 aromatic rings. The zero-order valence-corrected chi connectivity index (χ0v) is 14.7. The maximum atomic E-state index is 12.2. The molecular formula is C17H17N5O2S. The Morgan fingerprint density at radius 2 is 1.92 bits per heavy atom. The molecule has 25 heavy (non-hydrogen) atoms. The van der Waals surface area contributed by atoms with Crippen molar-refractivity contribution in [2.75, 3.05) is 5.32 Å². The van der Waals surface area contributed by atoms with E-state index in [1.807, 2.05) is 44.2 Å². The Labute approximate surface area is 148 Å². The Kier molecular flexibility index (Phi) is 4.99. The molecule has 0 fully saturated rings. The average Bonchev–Trinajstić information content (AvgIpc) is 3.06. The van der Waals surface area contributed by atoms with Gasteiger partial charge in [-0.25, -0.2) is 4.68 Å². The van der Waals surface area contributed by atoms with Gasteiger partial charge in [0, 0.05) is 17.5 Å². The van der Waals surface area contributed by atoms with Gasteiger partial charge in [0.1, 0.15) is 11.6 Å². The first-order chi connectivity index (χ1) is 12.0. The molecule has 3 rings (SSSR count). The van der Waals surface area contributed by atoms with Crippen LogP contribution in [0, 0.1) is 0 Å². The zero-order chi connectivity index (χ0) is 17.8. The van der Waals surface area contributed by atoms with Crippen molar-refractivity contribution in [3.05, 3.63) is 57.8 Å². The Morgan fingerprint density at radius 3 is 2.60 bits per heavy atom. The molecule has 0 aliphatic carbocycles. The number of nitrogens with one attached hydrogen (secondary N) is 1. The van der Waals surface area contributed by atoms with Gasteiger partial charge in [0.25, 0.3) is 5.56 Å². The lowest BCUT2D eigenvalue weighted by Gasteiger charge is -2.06. The summed E-state index contributed by atoms with van der Waals surface area (Å²) < 4.78 is 1.14. The van der Waals surface area contributed by atoms with Crippen LogP contribution in [0.1, 0.15) is 24.8 Å². The maximum Gasteiger partial charge on any atom is 0.267 e. The minimum atomic E-state index is -0.369. The normalized spacial score (nSPS) is 10.8. The summed E-state index contributed by atoms with van der Waals surface area (Å²) in [5.74, 6) is -0.124. The number of carbonyl (C=O) groups excluding carboxylic acids is 1. The first-order valence-corrected chi connectivity index (χ1v) is 8.61. The fourth-order valence-corrected chi connectivity index (χ4v) is 2.90. The molecule has 0 unspecified atom stereocenters. The number of hydrogen-bond acceptors (Lipinski definition) is 6. The molecule has 7 nitrogen and oxygen atoms in total. The quantitative estimate of drug-likeness (QED) is 0.759. The summed E-state index contributed by atoms with van der Waals surface area (Å²) >= 11 is 1.32. The molecule has 0 aliphatic rings. The van der Waals surface area contributed by atoms with E-state index in [2.05, 4.69) is 20.6 Å². The van der Waals surface area contributed by atoms with Crippen molar-refractivity contribution < 1.29 is 4.79 Å². The number of aromatic nitrogens is 4. The van der Waals surface area contributed by atoms with Gasteiger partial charge >= 0.3 is 0 Å². The molecule has 2 aromatic heterocycles. The third kappa shape index (κ3) is 4.16. The van der Waals surface area contributed by atoms with Gasteiger partial charge in [0.05, 0.1) is 5.69 Å². The van der Waals surface area contributed by atoms with Crippen LogP contribution in [0.15, 0.2) is 47.3 Å². The first-order valence-electron chi connectivity index (χ1n) is 7.80. The number of hydrogen-bond donors (Lipinski definition) is 1. The smallest absolute Gasteiger partial charge is 0.267 e. The van der Waals surface area contributed by atoms with E-state index in [0.29, 0.717) is 10.8 Å². The number of amides is 1. The minimum Gasteiger partial charge on any atom is -0.299 e. The molecule has 0 spiro atoms. The van der Waals surface area contributed by atoms with E-state index in [9.17, 15) is 9.59 Å². The van der Waals surface area contributed by atoms with Crippen LogP contribution in [-0.4, -0.2) is 25.9 Å². The number of nitrogens with zero attached hydrogens (tertiary/aromatic N) is 4. The van der Waals surface area contributed by atoms with Crippen LogP contribution in [0.3, 0.4) is 0 Å². The van der Waals surface area contributed by atoms with Crippen molar-refractivity contribution in [2.45, 2.75) is 26.3 Å². The molecule has 2 heterocycles. The van der Waals surface area contributed by atoms with Gasteiger partial charge in [0.15, 0.2) is 0 Å². The minimum absolute atomic E-state index is 0.184. The molecule has 0 saturated heterocycles. The highest BCUT2D eigenvalue weighted by Gasteiger charge is 2.12. The topological polar surface area (TPSA) is 89.8 Å². The van der Waals surface area contributed by atoms with Crippen molar-refractivity contribution in [3.63, 3.8) is 0 Å². The molecule has 0 saturated carbocycles. The maximum absolute atomic E-state index is 12.2. The monoisotopic (exact) mass is 355 g/mol.